The minimum Gasteiger partial charge on any atom is -0.381 e. The zero-order chi connectivity index (χ0) is 15.5. The van der Waals surface area contributed by atoms with Crippen molar-refractivity contribution in [1.82, 2.24) is 4.98 Å². The molecule has 0 radical (unpaired) electrons. The SMILES string of the molecule is c1ccc(N[C@@H]2CCC[C@@]2(c2ccccc2)c2nccs2)cc1. The Kier molecular flexibility index (Phi) is 3.88. The Morgan fingerprint density at radius 1 is 1.00 bits per heavy atom. The maximum Gasteiger partial charge on any atom is 0.105 e. The maximum atomic E-state index is 4.72. The van der Waals surface area contributed by atoms with Crippen LogP contribution in [0.2, 0.25) is 0 Å². The fourth-order valence-corrected chi connectivity index (χ4v) is 4.79. The second-order valence-electron chi connectivity index (χ2n) is 6.13. The predicted molar refractivity (Wildman–Crippen MR) is 97.0 cm³/mol. The van der Waals surface area contributed by atoms with Crippen molar-refractivity contribution in [3.63, 3.8) is 0 Å². The maximum absolute atomic E-state index is 4.72. The van der Waals surface area contributed by atoms with Crippen molar-refractivity contribution in [2.75, 3.05) is 5.32 Å². The van der Waals surface area contributed by atoms with Gasteiger partial charge in [-0.25, -0.2) is 4.98 Å². The highest BCUT2D eigenvalue weighted by Gasteiger charge is 2.47. The van der Waals surface area contributed by atoms with Crippen LogP contribution in [0.5, 0.6) is 0 Å². The monoisotopic (exact) mass is 320 g/mol. The lowest BCUT2D eigenvalue weighted by atomic mass is 9.76. The van der Waals surface area contributed by atoms with Crippen molar-refractivity contribution >= 4 is 17.0 Å². The molecule has 1 aliphatic rings. The van der Waals surface area contributed by atoms with Crippen LogP contribution in [0.4, 0.5) is 5.69 Å². The molecule has 2 aromatic carbocycles. The molecule has 0 amide bonds. The van der Waals surface area contributed by atoms with E-state index in [1.54, 1.807) is 11.3 Å². The number of nitrogens with zero attached hydrogens (tertiary/aromatic N) is 1. The fourth-order valence-electron chi connectivity index (χ4n) is 3.84. The number of anilines is 1. The number of thiazole rings is 1. The summed E-state index contributed by atoms with van der Waals surface area (Å²) in [4.78, 5) is 4.72. The van der Waals surface area contributed by atoms with Crippen molar-refractivity contribution in [3.8, 4) is 0 Å². The predicted octanol–water partition coefficient (Wildman–Crippen LogP) is 5.09. The van der Waals surface area contributed by atoms with Gasteiger partial charge in [-0.1, -0.05) is 48.5 Å². The van der Waals surface area contributed by atoms with Crippen molar-refractivity contribution in [2.24, 2.45) is 0 Å². The summed E-state index contributed by atoms with van der Waals surface area (Å²) in [7, 11) is 0. The second kappa shape index (κ2) is 6.17. The molecule has 0 bridgehead atoms. The van der Waals surface area contributed by atoms with E-state index in [4.69, 9.17) is 4.98 Å². The highest BCUT2D eigenvalue weighted by Crippen LogP contribution is 2.48. The van der Waals surface area contributed by atoms with E-state index in [-0.39, 0.29) is 5.41 Å². The molecule has 4 rings (SSSR count). The highest BCUT2D eigenvalue weighted by atomic mass is 32.1. The molecule has 0 saturated heterocycles. The van der Waals surface area contributed by atoms with Crippen LogP contribution in [0, 0.1) is 0 Å². The summed E-state index contributed by atoms with van der Waals surface area (Å²) in [6.07, 6.45) is 5.47. The quantitative estimate of drug-likeness (QED) is 0.724. The summed E-state index contributed by atoms with van der Waals surface area (Å²) in [5.41, 5.74) is 2.54. The third-order valence-corrected chi connectivity index (χ3v) is 5.83. The molecule has 1 heterocycles. The third kappa shape index (κ3) is 2.55. The van der Waals surface area contributed by atoms with Crippen molar-refractivity contribution < 1.29 is 0 Å². The molecule has 1 saturated carbocycles. The van der Waals surface area contributed by atoms with Crippen LogP contribution in [0.1, 0.15) is 29.8 Å². The van der Waals surface area contributed by atoms with Gasteiger partial charge in [0.05, 0.1) is 5.41 Å². The first kappa shape index (κ1) is 14.5. The molecule has 116 valence electrons. The van der Waals surface area contributed by atoms with Crippen molar-refractivity contribution in [1.29, 1.82) is 0 Å². The molecular weight excluding hydrogens is 300 g/mol. The Balaban J connectivity index is 1.78. The Labute approximate surface area is 141 Å². The zero-order valence-corrected chi connectivity index (χ0v) is 13.8. The number of rotatable bonds is 4. The van der Waals surface area contributed by atoms with Gasteiger partial charge < -0.3 is 5.32 Å². The standard InChI is InChI=1S/C20H20N2S/c1-3-8-16(9-4-1)20(19-21-14-15-23-19)13-7-12-18(20)22-17-10-5-2-6-11-17/h1-6,8-11,14-15,18,22H,7,12-13H2/t18-,20+/m1/s1. The third-order valence-electron chi connectivity index (χ3n) is 4.88. The van der Waals surface area contributed by atoms with Crippen LogP contribution in [0.3, 0.4) is 0 Å². The van der Waals surface area contributed by atoms with Crippen LogP contribution in [0.15, 0.2) is 72.2 Å². The summed E-state index contributed by atoms with van der Waals surface area (Å²) >= 11 is 1.78. The van der Waals surface area contributed by atoms with E-state index in [9.17, 15) is 0 Å². The van der Waals surface area contributed by atoms with E-state index < -0.39 is 0 Å². The van der Waals surface area contributed by atoms with E-state index in [1.807, 2.05) is 6.20 Å². The van der Waals surface area contributed by atoms with Gasteiger partial charge in [-0.05, 0) is 37.0 Å². The normalized spacial score (nSPS) is 23.7. The van der Waals surface area contributed by atoms with Crippen LogP contribution in [-0.4, -0.2) is 11.0 Å². The molecule has 1 aromatic heterocycles. The molecule has 1 fully saturated rings. The summed E-state index contributed by atoms with van der Waals surface area (Å²) < 4.78 is 0. The highest BCUT2D eigenvalue weighted by molar-refractivity contribution is 7.09. The fraction of sp³-hybridized carbons (Fsp3) is 0.250. The molecule has 1 aliphatic carbocycles. The van der Waals surface area contributed by atoms with Crippen LogP contribution >= 0.6 is 11.3 Å². The van der Waals surface area contributed by atoms with Gasteiger partial charge in [0, 0.05) is 23.3 Å². The molecule has 23 heavy (non-hydrogen) atoms. The molecular formula is C20H20N2S. The van der Waals surface area contributed by atoms with Crippen LogP contribution < -0.4 is 5.32 Å². The molecule has 0 aliphatic heterocycles. The molecule has 2 atom stereocenters. The smallest absolute Gasteiger partial charge is 0.105 e. The van der Waals surface area contributed by atoms with Crippen LogP contribution in [0.25, 0.3) is 0 Å². The molecule has 2 nitrogen and oxygen atoms in total. The van der Waals surface area contributed by atoms with Gasteiger partial charge in [-0.15, -0.1) is 11.3 Å². The van der Waals surface area contributed by atoms with Gasteiger partial charge in [-0.3, -0.25) is 0 Å². The summed E-state index contributed by atoms with van der Waals surface area (Å²) in [5, 5.41) is 7.11. The van der Waals surface area contributed by atoms with Gasteiger partial charge in [0.25, 0.3) is 0 Å². The molecule has 0 unspecified atom stereocenters. The average Bonchev–Trinajstić information content (AvgIpc) is 3.27. The van der Waals surface area contributed by atoms with Gasteiger partial charge in [0.2, 0.25) is 0 Å². The number of aromatic nitrogens is 1. The van der Waals surface area contributed by atoms with Gasteiger partial charge in [0.1, 0.15) is 5.01 Å². The Hall–Kier alpha value is -2.13. The number of para-hydroxylation sites is 1. The van der Waals surface area contributed by atoms with Crippen molar-refractivity contribution in [3.05, 3.63) is 82.8 Å². The topological polar surface area (TPSA) is 24.9 Å². The largest absolute Gasteiger partial charge is 0.381 e. The van der Waals surface area contributed by atoms with Crippen LogP contribution in [-0.2, 0) is 5.41 Å². The number of hydrogen-bond donors (Lipinski definition) is 1. The molecule has 3 heteroatoms. The van der Waals surface area contributed by atoms with E-state index >= 15 is 0 Å². The summed E-state index contributed by atoms with van der Waals surface area (Å²) in [5.74, 6) is 0. The summed E-state index contributed by atoms with van der Waals surface area (Å²) in [6.45, 7) is 0. The Morgan fingerprint density at radius 3 is 2.43 bits per heavy atom. The molecule has 0 spiro atoms. The first-order chi connectivity index (χ1) is 11.4. The Morgan fingerprint density at radius 2 is 1.74 bits per heavy atom. The van der Waals surface area contributed by atoms with E-state index in [0.717, 1.165) is 6.42 Å². The average molecular weight is 320 g/mol. The number of hydrogen-bond acceptors (Lipinski definition) is 3. The van der Waals surface area contributed by atoms with E-state index in [0.29, 0.717) is 6.04 Å². The van der Waals surface area contributed by atoms with Gasteiger partial charge in [0.15, 0.2) is 0 Å². The lowest BCUT2D eigenvalue weighted by Gasteiger charge is -2.35. The lowest BCUT2D eigenvalue weighted by molar-refractivity contribution is 0.488. The first-order valence-electron chi connectivity index (χ1n) is 8.17. The molecule has 3 aromatic rings. The number of nitrogens with one attached hydrogen (secondary N) is 1. The number of benzene rings is 2. The van der Waals surface area contributed by atoms with Crippen molar-refractivity contribution in [2.45, 2.75) is 30.7 Å². The first-order valence-corrected chi connectivity index (χ1v) is 9.05. The van der Waals surface area contributed by atoms with Gasteiger partial charge >= 0.3 is 0 Å². The minimum absolute atomic E-state index is 0.0226. The second-order valence-corrected chi connectivity index (χ2v) is 7.02. The lowest BCUT2D eigenvalue weighted by Crippen LogP contribution is -2.41. The Bertz CT molecular complexity index is 740. The van der Waals surface area contributed by atoms with E-state index in [2.05, 4.69) is 71.4 Å². The molecule has 1 N–H and O–H groups in total. The van der Waals surface area contributed by atoms with E-state index in [1.165, 1.54) is 29.1 Å². The minimum atomic E-state index is -0.0226. The zero-order valence-electron chi connectivity index (χ0n) is 13.0. The van der Waals surface area contributed by atoms with Gasteiger partial charge in [-0.2, -0.15) is 0 Å². The summed E-state index contributed by atoms with van der Waals surface area (Å²) in [6, 6.07) is 21.8.